The van der Waals surface area contributed by atoms with Crippen LogP contribution in [0.2, 0.25) is 0 Å². The van der Waals surface area contributed by atoms with E-state index in [1.807, 2.05) is 34.0 Å². The van der Waals surface area contributed by atoms with E-state index in [2.05, 4.69) is 182 Å². The Kier molecular flexibility index (Phi) is 6.73. The predicted molar refractivity (Wildman–Crippen MR) is 254 cm³/mol. The van der Waals surface area contributed by atoms with E-state index < -0.39 is 0 Å². The van der Waals surface area contributed by atoms with Crippen molar-refractivity contribution in [2.24, 2.45) is 0 Å². The average molecular weight is 775 g/mol. The molecular formula is C54H30S3. The van der Waals surface area contributed by atoms with Crippen molar-refractivity contribution >= 4 is 127 Å². The van der Waals surface area contributed by atoms with E-state index >= 15 is 0 Å². The van der Waals surface area contributed by atoms with E-state index in [1.165, 1.54) is 126 Å². The zero-order valence-electron chi connectivity index (χ0n) is 30.5. The summed E-state index contributed by atoms with van der Waals surface area (Å²) < 4.78 is 8.07. The maximum absolute atomic E-state index is 2.45. The van der Waals surface area contributed by atoms with Crippen LogP contribution in [0.15, 0.2) is 182 Å². The van der Waals surface area contributed by atoms with Crippen molar-refractivity contribution in [2.45, 2.75) is 0 Å². The maximum Gasteiger partial charge on any atom is 0.0368 e. The summed E-state index contributed by atoms with van der Waals surface area (Å²) in [5.74, 6) is 0. The number of rotatable bonds is 3. The first-order valence-corrected chi connectivity index (χ1v) is 21.9. The molecule has 0 spiro atoms. The summed E-state index contributed by atoms with van der Waals surface area (Å²) in [5.41, 5.74) is 7.60. The number of hydrogen-bond acceptors (Lipinski definition) is 3. The van der Waals surface area contributed by atoms with Crippen molar-refractivity contribution < 1.29 is 0 Å². The topological polar surface area (TPSA) is 0 Å². The third-order valence-corrected chi connectivity index (χ3v) is 15.5. The molecule has 3 heterocycles. The van der Waals surface area contributed by atoms with Gasteiger partial charge in [-0.25, -0.2) is 0 Å². The van der Waals surface area contributed by atoms with E-state index in [0.717, 1.165) is 0 Å². The summed E-state index contributed by atoms with van der Waals surface area (Å²) in [4.78, 5) is 0. The van der Waals surface area contributed by atoms with Crippen LogP contribution in [0.1, 0.15) is 0 Å². The minimum Gasteiger partial charge on any atom is -0.135 e. The maximum atomic E-state index is 2.45. The highest BCUT2D eigenvalue weighted by Gasteiger charge is 2.20. The molecule has 0 fully saturated rings. The van der Waals surface area contributed by atoms with E-state index in [-0.39, 0.29) is 0 Å². The molecule has 0 aliphatic rings. The fraction of sp³-hybridized carbons (Fsp3) is 0. The van der Waals surface area contributed by atoms with Crippen LogP contribution in [-0.4, -0.2) is 0 Å². The largest absolute Gasteiger partial charge is 0.135 e. The Bertz CT molecular complexity index is 3740. The molecular weight excluding hydrogens is 745 g/mol. The lowest BCUT2D eigenvalue weighted by Crippen LogP contribution is -1.91. The first-order chi connectivity index (χ1) is 28.3. The third-order valence-electron chi connectivity index (χ3n) is 12.1. The minimum absolute atomic E-state index is 1.23. The molecule has 0 saturated heterocycles. The first-order valence-electron chi connectivity index (χ1n) is 19.4. The van der Waals surface area contributed by atoms with Crippen LogP contribution in [0.5, 0.6) is 0 Å². The van der Waals surface area contributed by atoms with Crippen molar-refractivity contribution in [3.63, 3.8) is 0 Å². The van der Waals surface area contributed by atoms with Gasteiger partial charge in [-0.1, -0.05) is 140 Å². The molecule has 0 amide bonds. The van der Waals surface area contributed by atoms with Gasteiger partial charge >= 0.3 is 0 Å². The Hall–Kier alpha value is -6.36. The molecule has 13 rings (SSSR count). The monoisotopic (exact) mass is 774 g/mol. The Morgan fingerprint density at radius 1 is 0.228 bits per heavy atom. The molecule has 0 aliphatic carbocycles. The average Bonchev–Trinajstić information content (AvgIpc) is 3.96. The van der Waals surface area contributed by atoms with Gasteiger partial charge in [0.2, 0.25) is 0 Å². The number of hydrogen-bond donors (Lipinski definition) is 0. The van der Waals surface area contributed by atoms with Gasteiger partial charge in [-0.05, 0) is 108 Å². The van der Waals surface area contributed by atoms with Gasteiger partial charge in [0.05, 0.1) is 0 Å². The van der Waals surface area contributed by atoms with Crippen LogP contribution in [0.3, 0.4) is 0 Å². The first kappa shape index (κ1) is 31.8. The van der Waals surface area contributed by atoms with Crippen LogP contribution in [0.4, 0.5) is 0 Å². The fourth-order valence-corrected chi connectivity index (χ4v) is 13.0. The van der Waals surface area contributed by atoms with Gasteiger partial charge in [0, 0.05) is 60.5 Å². The van der Waals surface area contributed by atoms with Crippen LogP contribution >= 0.6 is 34.0 Å². The minimum atomic E-state index is 1.23. The van der Waals surface area contributed by atoms with Crippen molar-refractivity contribution in [3.05, 3.63) is 182 Å². The van der Waals surface area contributed by atoms with Gasteiger partial charge in [0.15, 0.2) is 0 Å². The van der Waals surface area contributed by atoms with Gasteiger partial charge in [0.1, 0.15) is 0 Å². The fourth-order valence-electron chi connectivity index (χ4n) is 9.62. The number of thiophene rings is 3. The summed E-state index contributed by atoms with van der Waals surface area (Å²) >= 11 is 5.70. The van der Waals surface area contributed by atoms with Crippen molar-refractivity contribution in [3.8, 4) is 33.4 Å². The third kappa shape index (κ3) is 4.59. The molecule has 0 bridgehead atoms. The second-order valence-corrected chi connectivity index (χ2v) is 18.3. The second-order valence-electron chi connectivity index (χ2n) is 15.1. The normalized spacial score (nSPS) is 12.2. The molecule has 0 aliphatic heterocycles. The van der Waals surface area contributed by atoms with Crippen molar-refractivity contribution in [2.75, 3.05) is 0 Å². The Morgan fingerprint density at radius 3 is 1.33 bits per heavy atom. The molecule has 0 radical (unpaired) electrons. The number of benzene rings is 10. The molecule has 0 N–H and O–H groups in total. The second kappa shape index (κ2) is 12.1. The predicted octanol–water partition coefficient (Wildman–Crippen LogP) is 17.3. The molecule has 0 nitrogen and oxygen atoms in total. The van der Waals surface area contributed by atoms with Gasteiger partial charge in [-0.15, -0.1) is 34.0 Å². The molecule has 0 unspecified atom stereocenters. The van der Waals surface area contributed by atoms with Crippen molar-refractivity contribution in [1.29, 1.82) is 0 Å². The Morgan fingerprint density at radius 2 is 0.649 bits per heavy atom. The summed E-state index contributed by atoms with van der Waals surface area (Å²) in [6, 6.07) is 68.2. The highest BCUT2D eigenvalue weighted by Crippen LogP contribution is 2.49. The summed E-state index contributed by atoms with van der Waals surface area (Å²) in [7, 11) is 0. The summed E-state index contributed by atoms with van der Waals surface area (Å²) in [6.07, 6.45) is 0. The van der Waals surface area contributed by atoms with E-state index in [4.69, 9.17) is 0 Å². The van der Waals surface area contributed by atoms with Crippen LogP contribution < -0.4 is 0 Å². The lowest BCUT2D eigenvalue weighted by atomic mass is 9.85. The molecule has 10 aromatic carbocycles. The van der Waals surface area contributed by atoms with Crippen LogP contribution in [0.25, 0.3) is 126 Å². The Labute approximate surface area is 340 Å². The highest BCUT2D eigenvalue weighted by atomic mass is 32.1. The van der Waals surface area contributed by atoms with Crippen molar-refractivity contribution in [1.82, 2.24) is 0 Å². The molecule has 3 heteroatoms. The molecule has 0 saturated carbocycles. The molecule has 264 valence electrons. The highest BCUT2D eigenvalue weighted by molar-refractivity contribution is 7.28. The zero-order valence-corrected chi connectivity index (χ0v) is 33.0. The SMILES string of the molecule is c1ccc2c(c1)sc1ccc(-c3c4ccccc4c(-c4ccc(-c5cc6sc7ccc8sc9ccccc9c8c7c6c6ccccc56)cc4)c4ccccc34)cc12. The van der Waals surface area contributed by atoms with Crippen LogP contribution in [0, 0.1) is 0 Å². The van der Waals surface area contributed by atoms with Gasteiger partial charge in [-0.3, -0.25) is 0 Å². The quantitative estimate of drug-likeness (QED) is 0.157. The van der Waals surface area contributed by atoms with Gasteiger partial charge in [0.25, 0.3) is 0 Å². The van der Waals surface area contributed by atoms with Gasteiger partial charge in [-0.2, -0.15) is 0 Å². The van der Waals surface area contributed by atoms with Crippen LogP contribution in [-0.2, 0) is 0 Å². The standard InChI is InChI=1S/C54H30S3/c1-2-13-36-34(11-1)42(30-49-52(36)54-48(57-49)28-27-47-53(54)41-18-8-10-20-45(41)56-47)31-21-23-32(24-22-31)50-37-14-3-5-16-39(37)51(40-17-6-4-15-38(40)50)33-25-26-46-43(29-33)35-12-7-9-19-44(35)55-46/h1-30H. The van der Waals surface area contributed by atoms with E-state index in [0.29, 0.717) is 0 Å². The Balaban J connectivity index is 1.00. The molecule has 0 atom stereocenters. The summed E-state index contributed by atoms with van der Waals surface area (Å²) in [5, 5.41) is 15.9. The number of fused-ring (bicyclic) bond motifs is 14. The lowest BCUT2D eigenvalue weighted by Gasteiger charge is -2.18. The molecule has 3 aromatic heterocycles. The summed E-state index contributed by atoms with van der Waals surface area (Å²) in [6.45, 7) is 0. The molecule has 57 heavy (non-hydrogen) atoms. The van der Waals surface area contributed by atoms with Gasteiger partial charge < -0.3 is 0 Å². The zero-order chi connectivity index (χ0) is 37.2. The van der Waals surface area contributed by atoms with E-state index in [9.17, 15) is 0 Å². The van der Waals surface area contributed by atoms with E-state index in [1.54, 1.807) is 0 Å². The smallest absolute Gasteiger partial charge is 0.0368 e. The molecule has 13 aromatic rings. The lowest BCUT2D eigenvalue weighted by molar-refractivity contribution is 1.65.